The van der Waals surface area contributed by atoms with Crippen molar-refractivity contribution in [1.82, 2.24) is 4.90 Å². The van der Waals surface area contributed by atoms with Gasteiger partial charge in [0.05, 0.1) is 11.1 Å². The van der Waals surface area contributed by atoms with Crippen molar-refractivity contribution >= 4 is 23.8 Å². The molecule has 0 unspecified atom stereocenters. The maximum Gasteiger partial charge on any atom is 0.335 e. The Morgan fingerprint density at radius 3 is 1.57 bits per heavy atom. The van der Waals surface area contributed by atoms with Crippen molar-refractivity contribution in [1.29, 1.82) is 0 Å². The summed E-state index contributed by atoms with van der Waals surface area (Å²) in [5.74, 6) is -3.64. The summed E-state index contributed by atoms with van der Waals surface area (Å²) < 4.78 is 0. The van der Waals surface area contributed by atoms with Crippen molar-refractivity contribution in [3.8, 4) is 0 Å². The molecule has 158 valence electrons. The number of amides is 2. The minimum Gasteiger partial charge on any atom is -0.478 e. The fourth-order valence-electron chi connectivity index (χ4n) is 2.95. The largest absolute Gasteiger partial charge is 0.478 e. The van der Waals surface area contributed by atoms with Crippen LogP contribution in [-0.2, 0) is 0 Å². The van der Waals surface area contributed by atoms with E-state index in [-0.39, 0.29) is 28.8 Å². The molecule has 0 heterocycles. The number of nitrogens with zero attached hydrogens (tertiary/aromatic N) is 1. The molecule has 0 fully saturated rings. The standard InChI is InChI=1S/C22H24N2O6/c23-11-3-1-2-4-12-24(19(25)15-7-5-9-17(13-15)21(27)28)20(26)16-8-6-10-18(14-16)22(29)30/h5-10,13-14H,1-4,11-12,23H2,(H,27,28)(H,29,30). The normalized spacial score (nSPS) is 10.4. The number of carboxylic acids is 2. The lowest BCUT2D eigenvalue weighted by molar-refractivity contribution is 0.0612. The molecule has 8 heteroatoms. The molecule has 0 aliphatic heterocycles. The summed E-state index contributed by atoms with van der Waals surface area (Å²) in [6, 6.07) is 10.9. The summed E-state index contributed by atoms with van der Waals surface area (Å²) in [6.45, 7) is 0.683. The predicted octanol–water partition coefficient (Wildman–Crippen LogP) is 2.88. The third-order valence-corrected chi connectivity index (χ3v) is 4.54. The van der Waals surface area contributed by atoms with E-state index in [1.165, 1.54) is 48.5 Å². The molecule has 0 radical (unpaired) electrons. The molecule has 8 nitrogen and oxygen atoms in total. The molecule has 0 saturated heterocycles. The lowest BCUT2D eigenvalue weighted by atomic mass is 10.1. The van der Waals surface area contributed by atoms with Crippen LogP contribution in [0, 0.1) is 0 Å². The van der Waals surface area contributed by atoms with E-state index in [9.17, 15) is 19.2 Å². The van der Waals surface area contributed by atoms with E-state index in [1.54, 1.807) is 0 Å². The number of nitrogens with two attached hydrogens (primary N) is 1. The zero-order valence-electron chi connectivity index (χ0n) is 16.4. The second kappa shape index (κ2) is 10.9. The van der Waals surface area contributed by atoms with Crippen LogP contribution in [-0.4, -0.2) is 52.0 Å². The minimum absolute atomic E-state index is 0.0657. The van der Waals surface area contributed by atoms with Gasteiger partial charge in [0.15, 0.2) is 0 Å². The summed E-state index contributed by atoms with van der Waals surface area (Å²) in [5, 5.41) is 18.3. The average Bonchev–Trinajstić information content (AvgIpc) is 2.75. The van der Waals surface area contributed by atoms with Crippen LogP contribution in [0.2, 0.25) is 0 Å². The van der Waals surface area contributed by atoms with Crippen LogP contribution in [0.3, 0.4) is 0 Å². The van der Waals surface area contributed by atoms with Gasteiger partial charge in [0.2, 0.25) is 0 Å². The molecule has 0 aliphatic carbocycles. The third kappa shape index (κ3) is 5.99. The zero-order valence-corrected chi connectivity index (χ0v) is 16.4. The molecule has 2 aromatic carbocycles. The van der Waals surface area contributed by atoms with Crippen molar-refractivity contribution in [2.45, 2.75) is 25.7 Å². The highest BCUT2D eigenvalue weighted by Gasteiger charge is 2.25. The van der Waals surface area contributed by atoms with Gasteiger partial charge in [0.1, 0.15) is 0 Å². The monoisotopic (exact) mass is 412 g/mol. The fourth-order valence-corrected chi connectivity index (χ4v) is 2.95. The Labute approximate surface area is 173 Å². The third-order valence-electron chi connectivity index (χ3n) is 4.54. The minimum atomic E-state index is -1.18. The zero-order chi connectivity index (χ0) is 22.1. The molecule has 0 atom stereocenters. The van der Waals surface area contributed by atoms with Crippen LogP contribution >= 0.6 is 0 Å². The first-order chi connectivity index (χ1) is 14.3. The molecular formula is C22H24N2O6. The fraction of sp³-hybridized carbons (Fsp3) is 0.273. The number of aromatic carboxylic acids is 2. The molecule has 2 amide bonds. The average molecular weight is 412 g/mol. The van der Waals surface area contributed by atoms with Crippen molar-refractivity contribution in [2.75, 3.05) is 13.1 Å². The second-order valence-electron chi connectivity index (χ2n) is 6.74. The smallest absolute Gasteiger partial charge is 0.335 e. The molecule has 0 bridgehead atoms. The van der Waals surface area contributed by atoms with E-state index < -0.39 is 23.8 Å². The van der Waals surface area contributed by atoms with E-state index >= 15 is 0 Å². The molecule has 0 aliphatic rings. The first-order valence-corrected chi connectivity index (χ1v) is 9.58. The quantitative estimate of drug-likeness (QED) is 0.403. The van der Waals surface area contributed by atoms with Gasteiger partial charge < -0.3 is 15.9 Å². The number of rotatable bonds is 10. The highest BCUT2D eigenvalue weighted by Crippen LogP contribution is 2.15. The summed E-state index contributed by atoms with van der Waals surface area (Å²) in [5.41, 5.74) is 5.49. The SMILES string of the molecule is NCCCCCCN(C(=O)c1cccc(C(=O)O)c1)C(=O)c1cccc(C(=O)O)c1. The van der Waals surface area contributed by atoms with E-state index in [1.807, 2.05) is 0 Å². The molecule has 2 aromatic rings. The highest BCUT2D eigenvalue weighted by atomic mass is 16.4. The van der Waals surface area contributed by atoms with Crippen molar-refractivity contribution in [2.24, 2.45) is 5.73 Å². The van der Waals surface area contributed by atoms with Gasteiger partial charge >= 0.3 is 11.9 Å². The van der Waals surface area contributed by atoms with Gasteiger partial charge in [-0.15, -0.1) is 0 Å². The number of benzene rings is 2. The van der Waals surface area contributed by atoms with E-state index in [0.29, 0.717) is 13.0 Å². The van der Waals surface area contributed by atoms with Crippen LogP contribution in [0.1, 0.15) is 67.1 Å². The van der Waals surface area contributed by atoms with E-state index in [0.717, 1.165) is 24.2 Å². The Morgan fingerprint density at radius 2 is 1.13 bits per heavy atom. The van der Waals surface area contributed by atoms with Gasteiger partial charge in [-0.1, -0.05) is 25.0 Å². The van der Waals surface area contributed by atoms with Crippen LogP contribution in [0.4, 0.5) is 0 Å². The van der Waals surface area contributed by atoms with E-state index in [2.05, 4.69) is 0 Å². The van der Waals surface area contributed by atoms with Gasteiger partial charge in [-0.3, -0.25) is 14.5 Å². The van der Waals surface area contributed by atoms with Crippen LogP contribution in [0.25, 0.3) is 0 Å². The van der Waals surface area contributed by atoms with Crippen LogP contribution in [0.15, 0.2) is 48.5 Å². The van der Waals surface area contributed by atoms with Crippen LogP contribution < -0.4 is 5.73 Å². The van der Waals surface area contributed by atoms with Gasteiger partial charge in [0, 0.05) is 17.7 Å². The number of carboxylic acid groups (broad SMARTS) is 2. The second-order valence-corrected chi connectivity index (χ2v) is 6.74. The van der Waals surface area contributed by atoms with E-state index in [4.69, 9.17) is 15.9 Å². The Balaban J connectivity index is 2.31. The predicted molar refractivity (Wildman–Crippen MR) is 110 cm³/mol. The number of imide groups is 1. The molecular weight excluding hydrogens is 388 g/mol. The topological polar surface area (TPSA) is 138 Å². The summed E-state index contributed by atoms with van der Waals surface area (Å²) in [7, 11) is 0. The molecule has 0 saturated carbocycles. The lowest BCUT2D eigenvalue weighted by Gasteiger charge is -2.21. The maximum absolute atomic E-state index is 13.0. The van der Waals surface area contributed by atoms with Crippen molar-refractivity contribution in [3.05, 3.63) is 70.8 Å². The lowest BCUT2D eigenvalue weighted by Crippen LogP contribution is -2.38. The summed E-state index contributed by atoms with van der Waals surface area (Å²) in [4.78, 5) is 49.6. The number of hydrogen-bond acceptors (Lipinski definition) is 5. The van der Waals surface area contributed by atoms with Crippen molar-refractivity contribution in [3.63, 3.8) is 0 Å². The number of hydrogen-bond donors (Lipinski definition) is 3. The van der Waals surface area contributed by atoms with Gasteiger partial charge in [-0.05, 0) is 55.8 Å². The maximum atomic E-state index is 13.0. The number of carbonyl (C=O) groups is 4. The number of carbonyl (C=O) groups excluding carboxylic acids is 2. The molecule has 30 heavy (non-hydrogen) atoms. The first kappa shape index (κ1) is 22.8. The highest BCUT2D eigenvalue weighted by molar-refractivity contribution is 6.11. The van der Waals surface area contributed by atoms with Crippen LogP contribution in [0.5, 0.6) is 0 Å². The Kier molecular flexibility index (Phi) is 8.25. The van der Waals surface area contributed by atoms with Gasteiger partial charge in [0.25, 0.3) is 11.8 Å². The first-order valence-electron chi connectivity index (χ1n) is 9.58. The molecule has 0 aromatic heterocycles. The Morgan fingerprint density at radius 1 is 0.700 bits per heavy atom. The molecule has 0 spiro atoms. The Bertz CT molecular complexity index is 871. The Hall–Kier alpha value is -3.52. The number of unbranched alkanes of at least 4 members (excludes halogenated alkanes) is 3. The van der Waals surface area contributed by atoms with Gasteiger partial charge in [-0.2, -0.15) is 0 Å². The van der Waals surface area contributed by atoms with Gasteiger partial charge in [-0.25, -0.2) is 9.59 Å². The summed E-state index contributed by atoms with van der Waals surface area (Å²) in [6.07, 6.45) is 3.01. The molecule has 4 N–H and O–H groups in total. The van der Waals surface area contributed by atoms with Crippen molar-refractivity contribution < 1.29 is 29.4 Å². The summed E-state index contributed by atoms with van der Waals surface area (Å²) >= 11 is 0. The molecule has 2 rings (SSSR count).